The highest BCUT2D eigenvalue weighted by molar-refractivity contribution is 6.56. The minimum atomic E-state index is -0.721. The Balaban J connectivity index is 1.31. The predicted octanol–water partition coefficient (Wildman–Crippen LogP) is 6.07. The average Bonchev–Trinajstić information content (AvgIpc) is 3.43. The van der Waals surface area contributed by atoms with Gasteiger partial charge >= 0.3 is 5.97 Å². The smallest absolute Gasteiger partial charge is 0.316 e. The first kappa shape index (κ1) is 26.3. The number of carbonyl (C=O) groups is 4. The Kier molecular flexibility index (Phi) is 7.00. The van der Waals surface area contributed by atoms with E-state index in [4.69, 9.17) is 55.9 Å². The maximum absolute atomic E-state index is 13.0. The monoisotopic (exact) mass is 592 g/mol. The summed E-state index contributed by atoms with van der Waals surface area (Å²) in [7, 11) is 1.50. The molecule has 0 aromatic heterocycles. The molecule has 3 amide bonds. The Morgan fingerprint density at radius 3 is 2.00 bits per heavy atom. The van der Waals surface area contributed by atoms with E-state index in [1.807, 2.05) is 0 Å². The molecule has 2 heterocycles. The fourth-order valence-corrected chi connectivity index (χ4v) is 5.41. The van der Waals surface area contributed by atoms with E-state index in [0.29, 0.717) is 11.4 Å². The molecule has 2 aliphatic heterocycles. The third kappa shape index (κ3) is 4.27. The molecule has 5 rings (SSSR count). The van der Waals surface area contributed by atoms with Gasteiger partial charge in [0.1, 0.15) is 11.5 Å². The molecule has 3 aromatic carbocycles. The summed E-state index contributed by atoms with van der Waals surface area (Å²) in [4.78, 5) is 53.9. The molecule has 0 spiro atoms. The number of fused-ring (bicyclic) bond motifs is 1. The van der Waals surface area contributed by atoms with Crippen LogP contribution in [0.2, 0.25) is 20.1 Å². The zero-order valence-electron chi connectivity index (χ0n) is 19.5. The van der Waals surface area contributed by atoms with Crippen LogP contribution in [0, 0.1) is 5.92 Å². The van der Waals surface area contributed by atoms with E-state index >= 15 is 0 Å². The fraction of sp³-hybridized carbons (Fsp3) is 0.154. The quantitative estimate of drug-likeness (QED) is 0.117. The Morgan fingerprint density at radius 1 is 0.842 bits per heavy atom. The van der Waals surface area contributed by atoms with Gasteiger partial charge in [0.15, 0.2) is 0 Å². The van der Waals surface area contributed by atoms with E-state index in [-0.39, 0.29) is 61.5 Å². The van der Waals surface area contributed by atoms with Crippen molar-refractivity contribution in [1.29, 1.82) is 0 Å². The van der Waals surface area contributed by atoms with E-state index < -0.39 is 23.7 Å². The number of anilines is 2. The highest BCUT2D eigenvalue weighted by Gasteiger charge is 2.42. The average molecular weight is 594 g/mol. The van der Waals surface area contributed by atoms with E-state index in [1.54, 1.807) is 24.3 Å². The van der Waals surface area contributed by atoms with Crippen LogP contribution in [0.4, 0.5) is 11.4 Å². The molecule has 194 valence electrons. The second kappa shape index (κ2) is 10.1. The molecular weight excluding hydrogens is 578 g/mol. The number of rotatable bonds is 5. The first-order chi connectivity index (χ1) is 18.1. The molecule has 0 unspecified atom stereocenters. The van der Waals surface area contributed by atoms with Crippen molar-refractivity contribution >= 4 is 81.5 Å². The highest BCUT2D eigenvalue weighted by Crippen LogP contribution is 2.45. The number of nitrogens with zero attached hydrogens (tertiary/aromatic N) is 2. The number of esters is 1. The Hall–Kier alpha value is -3.30. The molecule has 0 saturated carbocycles. The van der Waals surface area contributed by atoms with Gasteiger partial charge < -0.3 is 14.4 Å². The Morgan fingerprint density at radius 2 is 1.42 bits per heavy atom. The molecule has 2 aliphatic rings. The molecule has 8 nitrogen and oxygen atoms in total. The topological polar surface area (TPSA) is 93.2 Å². The van der Waals surface area contributed by atoms with Crippen LogP contribution < -0.4 is 19.3 Å². The molecular formula is C26H16Cl4N2O6. The van der Waals surface area contributed by atoms with Gasteiger partial charge in [-0.25, -0.2) is 4.90 Å². The van der Waals surface area contributed by atoms with Crippen molar-refractivity contribution in [2.24, 2.45) is 5.92 Å². The lowest BCUT2D eigenvalue weighted by molar-refractivity contribution is -0.139. The van der Waals surface area contributed by atoms with Crippen molar-refractivity contribution in [2.45, 2.75) is 6.42 Å². The van der Waals surface area contributed by atoms with Crippen molar-refractivity contribution < 1.29 is 28.7 Å². The second-order valence-corrected chi connectivity index (χ2v) is 9.96. The molecule has 0 radical (unpaired) electrons. The number of benzene rings is 3. The van der Waals surface area contributed by atoms with E-state index in [2.05, 4.69) is 0 Å². The van der Waals surface area contributed by atoms with Crippen LogP contribution in [0.3, 0.4) is 0 Å². The minimum Gasteiger partial charge on any atom is -0.495 e. The highest BCUT2D eigenvalue weighted by atomic mass is 35.5. The number of imide groups is 1. The molecule has 38 heavy (non-hydrogen) atoms. The summed E-state index contributed by atoms with van der Waals surface area (Å²) in [5.74, 6) is -2.27. The number of methoxy groups -OCH3 is 1. The SMILES string of the molecule is COc1ccccc1N1C[C@H](C(=O)Oc2ccc(N3C(=O)c4c(Cl)c(Cl)c(Cl)c(Cl)c4C3=O)cc2)CC1=O. The van der Waals surface area contributed by atoms with Crippen LogP contribution in [0.1, 0.15) is 27.1 Å². The lowest BCUT2D eigenvalue weighted by atomic mass is 10.1. The molecule has 0 bridgehead atoms. The fourth-order valence-electron chi connectivity index (χ4n) is 4.40. The lowest BCUT2D eigenvalue weighted by Gasteiger charge is -2.19. The Labute approximate surface area is 236 Å². The molecule has 0 N–H and O–H groups in total. The van der Waals surface area contributed by atoms with Crippen LogP contribution in [0.5, 0.6) is 11.5 Å². The number of halogens is 4. The van der Waals surface area contributed by atoms with Crippen molar-refractivity contribution in [3.63, 3.8) is 0 Å². The van der Waals surface area contributed by atoms with Crippen LogP contribution in [0.25, 0.3) is 0 Å². The largest absolute Gasteiger partial charge is 0.495 e. The molecule has 3 aromatic rings. The van der Waals surface area contributed by atoms with Crippen molar-refractivity contribution in [3.8, 4) is 11.5 Å². The lowest BCUT2D eigenvalue weighted by Crippen LogP contribution is -2.29. The molecule has 1 saturated heterocycles. The number of hydrogen-bond acceptors (Lipinski definition) is 6. The van der Waals surface area contributed by atoms with Crippen molar-refractivity contribution in [1.82, 2.24) is 0 Å². The van der Waals surface area contributed by atoms with Gasteiger partial charge in [0.2, 0.25) is 5.91 Å². The third-order valence-electron chi connectivity index (χ3n) is 6.25. The maximum atomic E-state index is 13.0. The van der Waals surface area contributed by atoms with Crippen molar-refractivity contribution in [2.75, 3.05) is 23.5 Å². The number of hydrogen-bond donors (Lipinski definition) is 0. The van der Waals surface area contributed by atoms with Crippen LogP contribution in [-0.2, 0) is 9.59 Å². The number of amides is 3. The van der Waals surface area contributed by atoms with Gasteiger partial charge in [-0.3, -0.25) is 19.2 Å². The third-order valence-corrected chi connectivity index (χ3v) is 8.05. The first-order valence-corrected chi connectivity index (χ1v) is 12.6. The van der Waals surface area contributed by atoms with Gasteiger partial charge in [-0.1, -0.05) is 58.5 Å². The first-order valence-electron chi connectivity index (χ1n) is 11.1. The van der Waals surface area contributed by atoms with Crippen LogP contribution >= 0.6 is 46.4 Å². The maximum Gasteiger partial charge on any atom is 0.316 e. The molecule has 12 heteroatoms. The summed E-state index contributed by atoms with van der Waals surface area (Å²) in [6, 6.07) is 12.7. The standard InChI is InChI=1S/C26H16Cl4N2O6/c1-37-16-5-3-2-4-15(16)31-11-12(10-17(31)33)26(36)38-14-8-6-13(7-9-14)32-24(34)18-19(25(32)35)21(28)23(30)22(29)20(18)27/h2-9,12H,10-11H2,1H3/t12-/m1/s1. The van der Waals surface area contributed by atoms with Crippen LogP contribution in [0.15, 0.2) is 48.5 Å². The molecule has 1 fully saturated rings. The second-order valence-electron chi connectivity index (χ2n) is 8.44. The summed E-state index contributed by atoms with van der Waals surface area (Å²) < 4.78 is 10.8. The van der Waals surface area contributed by atoms with Gasteiger partial charge in [0, 0.05) is 13.0 Å². The summed E-state index contributed by atoms with van der Waals surface area (Å²) >= 11 is 24.5. The zero-order valence-corrected chi connectivity index (χ0v) is 22.5. The number of para-hydroxylation sites is 2. The van der Waals surface area contributed by atoms with E-state index in [1.165, 1.54) is 36.3 Å². The van der Waals surface area contributed by atoms with Gasteiger partial charge in [0.05, 0.1) is 55.6 Å². The molecule has 1 atom stereocenters. The van der Waals surface area contributed by atoms with Gasteiger partial charge in [-0.05, 0) is 36.4 Å². The van der Waals surface area contributed by atoms with Gasteiger partial charge in [0.25, 0.3) is 11.8 Å². The summed E-state index contributed by atoms with van der Waals surface area (Å²) in [6.45, 7) is 0.137. The van der Waals surface area contributed by atoms with Gasteiger partial charge in [-0.15, -0.1) is 0 Å². The van der Waals surface area contributed by atoms with Gasteiger partial charge in [-0.2, -0.15) is 0 Å². The van der Waals surface area contributed by atoms with E-state index in [9.17, 15) is 19.2 Å². The summed E-state index contributed by atoms with van der Waals surface area (Å²) in [6.07, 6.45) is -0.0172. The molecule has 0 aliphatic carbocycles. The Bertz CT molecular complexity index is 1480. The number of ether oxygens (including phenoxy) is 2. The predicted molar refractivity (Wildman–Crippen MR) is 143 cm³/mol. The van der Waals surface area contributed by atoms with Crippen LogP contribution in [-0.4, -0.2) is 37.3 Å². The summed E-state index contributed by atoms with van der Waals surface area (Å²) in [5, 5.41) is -0.597. The summed E-state index contributed by atoms with van der Waals surface area (Å²) in [5.41, 5.74) is 0.478. The van der Waals surface area contributed by atoms with E-state index in [0.717, 1.165) is 4.90 Å². The zero-order chi connectivity index (χ0) is 27.3. The minimum absolute atomic E-state index is 0.0172. The number of carbonyl (C=O) groups excluding carboxylic acids is 4. The van der Waals surface area contributed by atoms with Crippen molar-refractivity contribution in [3.05, 3.63) is 79.7 Å². The normalized spacial score (nSPS) is 16.8.